The zero-order valence-electron chi connectivity index (χ0n) is 12.2. The van der Waals surface area contributed by atoms with E-state index in [2.05, 4.69) is 10.6 Å². The lowest BCUT2D eigenvalue weighted by Gasteiger charge is -2.20. The molecule has 0 aromatic rings. The van der Waals surface area contributed by atoms with Crippen molar-refractivity contribution >= 4 is 17.7 Å². The number of hydrogen-bond acceptors (Lipinski definition) is 4. The van der Waals surface area contributed by atoms with Crippen LogP contribution in [-0.4, -0.2) is 59.5 Å². The summed E-state index contributed by atoms with van der Waals surface area (Å²) in [5, 5.41) is 14.2. The molecule has 1 saturated heterocycles. The molecule has 2 atom stereocenters. The van der Waals surface area contributed by atoms with Crippen LogP contribution < -0.4 is 10.6 Å². The Labute approximate surface area is 118 Å². The topological polar surface area (TPSA) is 98.5 Å². The first-order valence-electron chi connectivity index (χ1n) is 6.85. The first kappa shape index (κ1) is 16.4. The van der Waals surface area contributed by atoms with Crippen molar-refractivity contribution in [2.45, 2.75) is 44.7 Å². The Morgan fingerprint density at radius 1 is 1.45 bits per heavy atom. The average Bonchev–Trinajstić information content (AvgIpc) is 2.92. The molecule has 0 saturated carbocycles. The van der Waals surface area contributed by atoms with Gasteiger partial charge in [0, 0.05) is 33.0 Å². The first-order valence-corrected chi connectivity index (χ1v) is 6.85. The molecule has 7 nitrogen and oxygen atoms in total. The predicted octanol–water partition coefficient (Wildman–Crippen LogP) is -0.999. The van der Waals surface area contributed by atoms with Gasteiger partial charge in [-0.2, -0.15) is 0 Å². The molecule has 0 bridgehead atoms. The zero-order chi connectivity index (χ0) is 15.3. The highest BCUT2D eigenvalue weighted by Crippen LogP contribution is 2.40. The standard InChI is InChI=1S/C13H23N3O4/c1-4-15-11(19)9(5-6-10(18)14-3)16-12(20)13(16,2)7-8-17/h9,17H,4-8H2,1-3H3,(H,14,18)(H,15,19). The molecule has 1 aliphatic rings. The molecule has 2 unspecified atom stereocenters. The first-order chi connectivity index (χ1) is 9.42. The predicted molar refractivity (Wildman–Crippen MR) is 72.7 cm³/mol. The van der Waals surface area contributed by atoms with E-state index in [4.69, 9.17) is 5.11 Å². The van der Waals surface area contributed by atoms with Crippen molar-refractivity contribution in [3.63, 3.8) is 0 Å². The number of rotatable bonds is 8. The van der Waals surface area contributed by atoms with Crippen LogP contribution in [0.2, 0.25) is 0 Å². The normalized spacial score (nSPS) is 22.4. The number of carbonyl (C=O) groups is 3. The number of aliphatic hydroxyl groups excluding tert-OH is 1. The zero-order valence-corrected chi connectivity index (χ0v) is 12.2. The van der Waals surface area contributed by atoms with Gasteiger partial charge in [0.2, 0.25) is 17.7 Å². The minimum Gasteiger partial charge on any atom is -0.396 e. The van der Waals surface area contributed by atoms with Crippen LogP contribution in [0.5, 0.6) is 0 Å². The smallest absolute Gasteiger partial charge is 0.249 e. The van der Waals surface area contributed by atoms with E-state index in [1.54, 1.807) is 13.8 Å². The van der Waals surface area contributed by atoms with Crippen LogP contribution in [0.1, 0.15) is 33.1 Å². The van der Waals surface area contributed by atoms with Crippen LogP contribution in [-0.2, 0) is 14.4 Å². The minimum absolute atomic E-state index is 0.115. The third-order valence-electron chi connectivity index (χ3n) is 3.65. The summed E-state index contributed by atoms with van der Waals surface area (Å²) in [6, 6.07) is -0.656. The van der Waals surface area contributed by atoms with Gasteiger partial charge < -0.3 is 20.6 Å². The molecular weight excluding hydrogens is 262 g/mol. The van der Waals surface area contributed by atoms with Gasteiger partial charge in [0.1, 0.15) is 11.6 Å². The van der Waals surface area contributed by atoms with Gasteiger partial charge in [-0.25, -0.2) is 0 Å². The summed E-state index contributed by atoms with van der Waals surface area (Å²) in [5.74, 6) is -0.580. The van der Waals surface area contributed by atoms with Crippen LogP contribution >= 0.6 is 0 Å². The summed E-state index contributed by atoms with van der Waals surface area (Å²) in [7, 11) is 1.53. The Kier molecular flexibility index (Phi) is 5.50. The quantitative estimate of drug-likeness (QED) is 0.498. The number of amides is 3. The number of nitrogens with zero attached hydrogens (tertiary/aromatic N) is 1. The van der Waals surface area contributed by atoms with Gasteiger partial charge in [0.05, 0.1) is 0 Å². The molecule has 7 heteroatoms. The molecule has 0 aromatic heterocycles. The lowest BCUT2D eigenvalue weighted by Crippen LogP contribution is -2.42. The van der Waals surface area contributed by atoms with Gasteiger partial charge >= 0.3 is 0 Å². The van der Waals surface area contributed by atoms with Crippen LogP contribution in [0.4, 0.5) is 0 Å². The Balaban J connectivity index is 2.76. The van der Waals surface area contributed by atoms with E-state index in [-0.39, 0.29) is 37.2 Å². The number of nitrogens with one attached hydrogen (secondary N) is 2. The molecule has 0 aliphatic carbocycles. The molecule has 1 aliphatic heterocycles. The second kappa shape index (κ2) is 6.69. The minimum atomic E-state index is -0.785. The Morgan fingerprint density at radius 2 is 2.10 bits per heavy atom. The Hall–Kier alpha value is -1.63. The van der Waals surface area contributed by atoms with Gasteiger partial charge in [-0.15, -0.1) is 0 Å². The summed E-state index contributed by atoms with van der Waals surface area (Å²) in [6.45, 7) is 3.85. The van der Waals surface area contributed by atoms with E-state index in [1.165, 1.54) is 11.9 Å². The molecule has 1 heterocycles. The van der Waals surface area contributed by atoms with E-state index in [0.29, 0.717) is 13.0 Å². The molecule has 0 aromatic carbocycles. The summed E-state index contributed by atoms with van der Waals surface area (Å²) in [6.07, 6.45) is 0.747. The van der Waals surface area contributed by atoms with Crippen molar-refractivity contribution in [3.05, 3.63) is 0 Å². The summed E-state index contributed by atoms with van der Waals surface area (Å²) < 4.78 is 0. The fraction of sp³-hybridized carbons (Fsp3) is 0.769. The highest BCUT2D eigenvalue weighted by Gasteiger charge is 2.62. The molecule has 1 fully saturated rings. The van der Waals surface area contributed by atoms with E-state index in [9.17, 15) is 14.4 Å². The number of hydrogen-bond donors (Lipinski definition) is 3. The molecule has 0 spiro atoms. The van der Waals surface area contributed by atoms with E-state index >= 15 is 0 Å². The van der Waals surface area contributed by atoms with Crippen LogP contribution in [0, 0.1) is 0 Å². The Morgan fingerprint density at radius 3 is 2.60 bits per heavy atom. The molecule has 3 amide bonds. The molecule has 3 N–H and O–H groups in total. The van der Waals surface area contributed by atoms with Gasteiger partial charge in [-0.05, 0) is 20.3 Å². The van der Waals surface area contributed by atoms with Crippen molar-refractivity contribution < 1.29 is 19.5 Å². The third kappa shape index (κ3) is 3.27. The molecular formula is C13H23N3O4. The maximum atomic E-state index is 12.1. The van der Waals surface area contributed by atoms with Crippen LogP contribution in [0.15, 0.2) is 0 Å². The van der Waals surface area contributed by atoms with Gasteiger partial charge in [-0.1, -0.05) is 0 Å². The number of carbonyl (C=O) groups excluding carboxylic acids is 3. The lowest BCUT2D eigenvalue weighted by molar-refractivity contribution is -0.128. The Bertz CT molecular complexity index is 399. The van der Waals surface area contributed by atoms with Crippen molar-refractivity contribution in [1.82, 2.24) is 15.5 Å². The van der Waals surface area contributed by atoms with E-state index in [1.807, 2.05) is 0 Å². The second-order valence-corrected chi connectivity index (χ2v) is 5.04. The fourth-order valence-corrected chi connectivity index (χ4v) is 2.35. The SMILES string of the molecule is CCNC(=O)C(CCC(=O)NC)N1C(=O)C1(C)CCO. The van der Waals surface area contributed by atoms with Crippen molar-refractivity contribution in [2.24, 2.45) is 0 Å². The highest BCUT2D eigenvalue weighted by molar-refractivity contribution is 6.05. The van der Waals surface area contributed by atoms with Gasteiger partial charge in [-0.3, -0.25) is 14.4 Å². The van der Waals surface area contributed by atoms with Crippen LogP contribution in [0.3, 0.4) is 0 Å². The number of likely N-dealkylation sites (N-methyl/N-ethyl adjacent to an activating group) is 1. The third-order valence-corrected chi connectivity index (χ3v) is 3.65. The maximum absolute atomic E-state index is 12.1. The molecule has 20 heavy (non-hydrogen) atoms. The monoisotopic (exact) mass is 285 g/mol. The average molecular weight is 285 g/mol. The molecule has 1 rings (SSSR count). The van der Waals surface area contributed by atoms with E-state index in [0.717, 1.165) is 0 Å². The highest BCUT2D eigenvalue weighted by atomic mass is 16.3. The molecule has 114 valence electrons. The lowest BCUT2D eigenvalue weighted by atomic mass is 10.1. The van der Waals surface area contributed by atoms with Crippen LogP contribution in [0.25, 0.3) is 0 Å². The fourth-order valence-electron chi connectivity index (χ4n) is 2.35. The summed E-state index contributed by atoms with van der Waals surface area (Å²) in [5.41, 5.74) is -0.785. The van der Waals surface area contributed by atoms with Crippen molar-refractivity contribution in [3.8, 4) is 0 Å². The largest absolute Gasteiger partial charge is 0.396 e. The van der Waals surface area contributed by atoms with Crippen molar-refractivity contribution in [1.29, 1.82) is 0 Å². The van der Waals surface area contributed by atoms with Crippen molar-refractivity contribution in [2.75, 3.05) is 20.2 Å². The summed E-state index contributed by atoms with van der Waals surface area (Å²) >= 11 is 0. The summed E-state index contributed by atoms with van der Waals surface area (Å²) in [4.78, 5) is 36.8. The van der Waals surface area contributed by atoms with Gasteiger partial charge in [0.15, 0.2) is 0 Å². The molecule has 0 radical (unpaired) electrons. The second-order valence-electron chi connectivity index (χ2n) is 5.04. The van der Waals surface area contributed by atoms with E-state index < -0.39 is 11.6 Å². The van der Waals surface area contributed by atoms with Gasteiger partial charge in [0.25, 0.3) is 0 Å². The maximum Gasteiger partial charge on any atom is 0.249 e. The number of aliphatic hydroxyl groups is 1.